The third kappa shape index (κ3) is 8.57. The van der Waals surface area contributed by atoms with Gasteiger partial charge in [-0.15, -0.1) is 0 Å². The van der Waals surface area contributed by atoms with E-state index >= 15 is 0 Å². The molecule has 36 heavy (non-hydrogen) atoms. The molecule has 0 aromatic carbocycles. The number of aromatic nitrogens is 6. The van der Waals surface area contributed by atoms with E-state index in [1.165, 1.54) is 0 Å². The number of nitrogens with zero attached hydrogens (tertiary/aromatic N) is 5. The smallest absolute Gasteiger partial charge is 0.311 e. The van der Waals surface area contributed by atoms with Crippen molar-refractivity contribution < 1.29 is 14.3 Å². The van der Waals surface area contributed by atoms with Crippen molar-refractivity contribution in [2.75, 3.05) is 6.61 Å². The molecule has 9 nitrogen and oxygen atoms in total. The van der Waals surface area contributed by atoms with E-state index in [9.17, 15) is 9.59 Å². The summed E-state index contributed by atoms with van der Waals surface area (Å²) in [6.45, 7) is 11.5. The molecule has 0 fully saturated rings. The molecule has 0 bridgehead atoms. The first-order valence-corrected chi connectivity index (χ1v) is 11.6. The summed E-state index contributed by atoms with van der Waals surface area (Å²) in [5.41, 5.74) is 2.91. The van der Waals surface area contributed by atoms with Crippen molar-refractivity contribution in [1.29, 1.82) is 0 Å². The number of hydrogen-bond donors (Lipinski definition) is 1. The maximum Gasteiger partial charge on any atom is 0.311 e. The van der Waals surface area contributed by atoms with Gasteiger partial charge >= 0.3 is 5.97 Å². The summed E-state index contributed by atoms with van der Waals surface area (Å²) >= 11 is 0. The number of carbonyl (C=O) groups is 2. The Morgan fingerprint density at radius 2 is 1.64 bits per heavy atom. The standard InChI is InChI=1S/C12H13N3O.C8H7N3.C7H14O2/c1-12(2,8-16)15-7-11(14-9-15)10-4-3-5-13-6-10;1-2-7(4-9-3-1)8-5-10-6-11-8;1-5-9-6(8)7(2,3)4/h3-9H,1-2H3;1-6H,(H,10,11);5H2,1-4H3. The molecule has 190 valence electrons. The summed E-state index contributed by atoms with van der Waals surface area (Å²) in [5, 5.41) is 0. The summed E-state index contributed by atoms with van der Waals surface area (Å²) in [6.07, 6.45) is 14.9. The van der Waals surface area contributed by atoms with Gasteiger partial charge in [-0.3, -0.25) is 14.8 Å². The molecule has 0 unspecified atom stereocenters. The van der Waals surface area contributed by atoms with E-state index in [-0.39, 0.29) is 11.4 Å². The van der Waals surface area contributed by atoms with Crippen molar-refractivity contribution in [1.82, 2.24) is 29.5 Å². The van der Waals surface area contributed by atoms with E-state index in [0.717, 1.165) is 28.8 Å². The number of ether oxygens (including phenoxy) is 1. The molecule has 0 saturated carbocycles. The van der Waals surface area contributed by atoms with Gasteiger partial charge in [0.25, 0.3) is 0 Å². The maximum absolute atomic E-state index is 10.9. The molecule has 0 aliphatic rings. The Bertz CT molecular complexity index is 1180. The maximum atomic E-state index is 10.9. The van der Waals surface area contributed by atoms with Crippen molar-refractivity contribution in [3.05, 3.63) is 74.1 Å². The average Bonchev–Trinajstić information content (AvgIpc) is 3.59. The van der Waals surface area contributed by atoms with Gasteiger partial charge in [0.15, 0.2) is 0 Å². The van der Waals surface area contributed by atoms with Gasteiger partial charge in [-0.05, 0) is 65.8 Å². The number of pyridine rings is 2. The third-order valence-electron chi connectivity index (χ3n) is 4.85. The minimum Gasteiger partial charge on any atom is -0.466 e. The highest BCUT2D eigenvalue weighted by Crippen LogP contribution is 2.19. The van der Waals surface area contributed by atoms with E-state index in [1.807, 2.05) is 72.0 Å². The molecular weight excluding hydrogens is 456 g/mol. The molecule has 0 aliphatic heterocycles. The molecule has 0 saturated heterocycles. The van der Waals surface area contributed by atoms with Crippen LogP contribution in [0.25, 0.3) is 22.5 Å². The minimum absolute atomic E-state index is 0.134. The molecule has 0 aliphatic carbocycles. The highest BCUT2D eigenvalue weighted by molar-refractivity contribution is 5.75. The first-order chi connectivity index (χ1) is 17.1. The Hall–Kier alpha value is -4.14. The lowest BCUT2D eigenvalue weighted by molar-refractivity contribution is -0.152. The zero-order valence-corrected chi connectivity index (χ0v) is 21.7. The quantitative estimate of drug-likeness (QED) is 0.311. The summed E-state index contributed by atoms with van der Waals surface area (Å²) in [4.78, 5) is 41.0. The van der Waals surface area contributed by atoms with Crippen molar-refractivity contribution >= 4 is 12.3 Å². The van der Waals surface area contributed by atoms with Crippen molar-refractivity contribution in [2.24, 2.45) is 5.41 Å². The van der Waals surface area contributed by atoms with Gasteiger partial charge in [0, 0.05) is 42.1 Å². The second-order valence-corrected chi connectivity index (χ2v) is 9.36. The first kappa shape index (κ1) is 28.1. The minimum atomic E-state index is -0.562. The number of aromatic amines is 1. The number of esters is 1. The van der Waals surface area contributed by atoms with Crippen LogP contribution in [0.3, 0.4) is 0 Å². The van der Waals surface area contributed by atoms with Gasteiger partial charge in [-0.1, -0.05) is 0 Å². The van der Waals surface area contributed by atoms with Gasteiger partial charge in [0.2, 0.25) is 0 Å². The van der Waals surface area contributed by atoms with Crippen molar-refractivity contribution in [3.8, 4) is 22.5 Å². The molecule has 9 heteroatoms. The average molecular weight is 491 g/mol. The number of nitrogens with one attached hydrogen (secondary N) is 1. The summed E-state index contributed by atoms with van der Waals surface area (Å²) < 4.78 is 6.56. The van der Waals surface area contributed by atoms with Crippen LogP contribution in [0.15, 0.2) is 74.1 Å². The number of aldehydes is 1. The van der Waals surface area contributed by atoms with Gasteiger partial charge < -0.3 is 19.1 Å². The predicted molar refractivity (Wildman–Crippen MR) is 139 cm³/mol. The number of carbonyl (C=O) groups excluding carboxylic acids is 2. The Morgan fingerprint density at radius 1 is 1.00 bits per heavy atom. The SMILES string of the molecule is CC(C)(C=O)n1cnc(-c2cccnc2)c1.CCOC(=O)C(C)(C)C.c1cncc(-c2cnc[nH]2)c1. The van der Waals surface area contributed by atoms with Gasteiger partial charge in [0.05, 0.1) is 47.8 Å². The van der Waals surface area contributed by atoms with E-state index in [2.05, 4.69) is 24.9 Å². The number of H-pyrrole nitrogens is 1. The number of rotatable bonds is 5. The van der Waals surface area contributed by atoms with Crippen LogP contribution in [-0.4, -0.2) is 48.3 Å². The predicted octanol–water partition coefficient (Wildman–Crippen LogP) is 4.95. The molecule has 1 N–H and O–H groups in total. The van der Waals surface area contributed by atoms with Crippen molar-refractivity contribution in [2.45, 2.75) is 47.1 Å². The fourth-order valence-corrected chi connectivity index (χ4v) is 2.65. The van der Waals surface area contributed by atoms with Crippen LogP contribution in [0.4, 0.5) is 0 Å². The van der Waals surface area contributed by atoms with Crippen LogP contribution < -0.4 is 0 Å². The fraction of sp³-hybridized carbons (Fsp3) is 0.333. The van der Waals surface area contributed by atoms with E-state index in [4.69, 9.17) is 4.74 Å². The van der Waals surface area contributed by atoms with Crippen LogP contribution in [-0.2, 0) is 19.9 Å². The van der Waals surface area contributed by atoms with Crippen LogP contribution in [0.2, 0.25) is 0 Å². The van der Waals surface area contributed by atoms with E-state index in [0.29, 0.717) is 6.61 Å². The zero-order chi connectivity index (χ0) is 26.6. The summed E-state index contributed by atoms with van der Waals surface area (Å²) in [6, 6.07) is 7.68. The summed E-state index contributed by atoms with van der Waals surface area (Å²) in [7, 11) is 0. The van der Waals surface area contributed by atoms with Gasteiger partial charge in [-0.2, -0.15) is 0 Å². The number of imidazole rings is 2. The molecule has 4 rings (SSSR count). The molecule has 0 amide bonds. The Kier molecular flexibility index (Phi) is 10.2. The largest absolute Gasteiger partial charge is 0.466 e. The number of hydrogen-bond acceptors (Lipinski definition) is 7. The van der Waals surface area contributed by atoms with Gasteiger partial charge in [-0.25, -0.2) is 9.97 Å². The lowest BCUT2D eigenvalue weighted by Gasteiger charge is -2.17. The van der Waals surface area contributed by atoms with Crippen LogP contribution >= 0.6 is 0 Å². The first-order valence-electron chi connectivity index (χ1n) is 11.6. The lowest BCUT2D eigenvalue weighted by atomic mass is 9.97. The molecule has 0 atom stereocenters. The Morgan fingerprint density at radius 3 is 2.08 bits per heavy atom. The molecule has 4 aromatic rings. The molecule has 4 aromatic heterocycles. The van der Waals surface area contributed by atoms with Crippen LogP contribution in [0.1, 0.15) is 41.5 Å². The fourth-order valence-electron chi connectivity index (χ4n) is 2.65. The second kappa shape index (κ2) is 13.1. The van der Waals surface area contributed by atoms with Gasteiger partial charge in [0.1, 0.15) is 6.29 Å². The monoisotopic (exact) mass is 490 g/mol. The van der Waals surface area contributed by atoms with Crippen LogP contribution in [0.5, 0.6) is 0 Å². The van der Waals surface area contributed by atoms with E-state index < -0.39 is 5.54 Å². The van der Waals surface area contributed by atoms with Crippen molar-refractivity contribution in [3.63, 3.8) is 0 Å². The molecule has 0 spiro atoms. The molecular formula is C27H34N6O3. The normalized spacial score (nSPS) is 10.8. The summed E-state index contributed by atoms with van der Waals surface area (Å²) in [5.74, 6) is -0.134. The lowest BCUT2D eigenvalue weighted by Crippen LogP contribution is -2.26. The zero-order valence-electron chi connectivity index (χ0n) is 21.7. The van der Waals surface area contributed by atoms with Crippen LogP contribution in [0, 0.1) is 5.41 Å². The second-order valence-electron chi connectivity index (χ2n) is 9.36. The Labute approximate surface area is 212 Å². The third-order valence-corrected chi connectivity index (χ3v) is 4.85. The highest BCUT2D eigenvalue weighted by Gasteiger charge is 2.22. The highest BCUT2D eigenvalue weighted by atomic mass is 16.5. The molecule has 4 heterocycles. The van der Waals surface area contributed by atoms with E-state index in [1.54, 1.807) is 48.2 Å². The topological polar surface area (TPSA) is 116 Å². The Balaban J connectivity index is 0.000000201. The molecule has 0 radical (unpaired) electrons.